The van der Waals surface area contributed by atoms with Gasteiger partial charge in [-0.3, -0.25) is 9.59 Å². The standard InChI is InChI=1S/C13H19N3O4S/c1-6(2)5-14-11(18)7(3)15-13-16-9(12(19)20)10(21-13)8(4)17/h6-7H,5H2,1-4H3,(H,14,18)(H,15,16)(H,19,20). The molecule has 8 heteroatoms. The first-order chi connectivity index (χ1) is 9.72. The Bertz CT molecular complexity index is 522. The molecule has 0 aliphatic rings. The van der Waals surface area contributed by atoms with Crippen LogP contribution in [-0.4, -0.2) is 40.3 Å². The number of Topliss-reactive ketones (excluding diaryl/α,β-unsaturated/α-hetero) is 1. The lowest BCUT2D eigenvalue weighted by Gasteiger charge is -2.14. The van der Waals surface area contributed by atoms with Crippen molar-refractivity contribution in [3.63, 3.8) is 0 Å². The number of ketones is 1. The molecule has 3 N–H and O–H groups in total. The molecule has 0 saturated heterocycles. The second-order valence-corrected chi connectivity index (χ2v) is 6.06. The second kappa shape index (κ2) is 7.16. The van der Waals surface area contributed by atoms with Crippen molar-refractivity contribution in [1.29, 1.82) is 0 Å². The number of carbonyl (C=O) groups is 3. The molecule has 0 fully saturated rings. The Morgan fingerprint density at radius 3 is 2.33 bits per heavy atom. The van der Waals surface area contributed by atoms with Crippen LogP contribution >= 0.6 is 11.3 Å². The summed E-state index contributed by atoms with van der Waals surface area (Å²) in [6.45, 7) is 7.45. The Morgan fingerprint density at radius 1 is 1.29 bits per heavy atom. The molecule has 21 heavy (non-hydrogen) atoms. The molecule has 1 aromatic heterocycles. The van der Waals surface area contributed by atoms with Crippen LogP contribution in [0.5, 0.6) is 0 Å². The van der Waals surface area contributed by atoms with Crippen LogP contribution in [0.15, 0.2) is 0 Å². The molecule has 0 spiro atoms. The number of nitrogens with one attached hydrogen (secondary N) is 2. The lowest BCUT2D eigenvalue weighted by molar-refractivity contribution is -0.121. The average molecular weight is 313 g/mol. The number of hydrogen-bond acceptors (Lipinski definition) is 6. The first-order valence-corrected chi connectivity index (χ1v) is 7.33. The van der Waals surface area contributed by atoms with Crippen LogP contribution in [0.25, 0.3) is 0 Å². The predicted molar refractivity (Wildman–Crippen MR) is 80.0 cm³/mol. The minimum atomic E-state index is -1.26. The molecule has 0 radical (unpaired) electrons. The molecule has 116 valence electrons. The number of anilines is 1. The third-order valence-electron chi connectivity index (χ3n) is 2.57. The van der Waals surface area contributed by atoms with Gasteiger partial charge >= 0.3 is 5.97 Å². The molecule has 1 heterocycles. The Kier molecular flexibility index (Phi) is 5.83. The largest absolute Gasteiger partial charge is 0.476 e. The Labute approximate surface area is 126 Å². The van der Waals surface area contributed by atoms with Gasteiger partial charge in [0.15, 0.2) is 16.6 Å². The molecule has 1 amide bonds. The topological polar surface area (TPSA) is 108 Å². The predicted octanol–water partition coefficient (Wildman–Crippen LogP) is 1.62. The molecule has 0 saturated carbocycles. The highest BCUT2D eigenvalue weighted by molar-refractivity contribution is 7.17. The molecule has 1 atom stereocenters. The quantitative estimate of drug-likeness (QED) is 0.660. The van der Waals surface area contributed by atoms with Gasteiger partial charge in [0.2, 0.25) is 5.91 Å². The van der Waals surface area contributed by atoms with Gasteiger partial charge in [-0.15, -0.1) is 0 Å². The second-order valence-electron chi connectivity index (χ2n) is 5.06. The zero-order valence-corrected chi connectivity index (χ0v) is 13.2. The number of amides is 1. The van der Waals surface area contributed by atoms with Crippen molar-refractivity contribution in [3.05, 3.63) is 10.6 Å². The first-order valence-electron chi connectivity index (χ1n) is 6.51. The fourth-order valence-electron chi connectivity index (χ4n) is 1.47. The summed E-state index contributed by atoms with van der Waals surface area (Å²) in [7, 11) is 0. The number of aromatic carboxylic acids is 1. The van der Waals surface area contributed by atoms with Crippen LogP contribution in [0.2, 0.25) is 0 Å². The molecule has 0 bridgehead atoms. The van der Waals surface area contributed by atoms with Crippen molar-refractivity contribution >= 4 is 34.1 Å². The fraction of sp³-hybridized carbons (Fsp3) is 0.538. The smallest absolute Gasteiger partial charge is 0.356 e. The van der Waals surface area contributed by atoms with Crippen LogP contribution in [0.1, 0.15) is 47.9 Å². The molecule has 0 aromatic carbocycles. The number of hydrogen-bond donors (Lipinski definition) is 3. The highest BCUT2D eigenvalue weighted by atomic mass is 32.1. The first kappa shape index (κ1) is 17.1. The van der Waals surface area contributed by atoms with Gasteiger partial charge < -0.3 is 15.7 Å². The van der Waals surface area contributed by atoms with E-state index in [4.69, 9.17) is 5.11 Å². The Hall–Kier alpha value is -1.96. The van der Waals surface area contributed by atoms with Crippen LogP contribution < -0.4 is 10.6 Å². The van der Waals surface area contributed by atoms with Crippen molar-refractivity contribution < 1.29 is 19.5 Å². The van der Waals surface area contributed by atoms with Gasteiger partial charge in [-0.2, -0.15) is 0 Å². The van der Waals surface area contributed by atoms with Crippen molar-refractivity contribution in [2.45, 2.75) is 33.7 Å². The molecular formula is C13H19N3O4S. The molecule has 0 aliphatic carbocycles. The molecular weight excluding hydrogens is 294 g/mol. The van der Waals surface area contributed by atoms with E-state index in [1.807, 2.05) is 13.8 Å². The molecule has 0 aliphatic heterocycles. The summed E-state index contributed by atoms with van der Waals surface area (Å²) in [5.41, 5.74) is -0.287. The number of carboxylic acid groups (broad SMARTS) is 1. The third kappa shape index (κ3) is 4.82. The van der Waals surface area contributed by atoms with Crippen LogP contribution in [0.4, 0.5) is 5.13 Å². The van der Waals surface area contributed by atoms with E-state index in [1.54, 1.807) is 6.92 Å². The number of nitrogens with zero attached hydrogens (tertiary/aromatic N) is 1. The maximum atomic E-state index is 11.8. The number of carboxylic acids is 1. The number of rotatable bonds is 7. The van der Waals surface area contributed by atoms with Gasteiger partial charge in [-0.1, -0.05) is 25.2 Å². The third-order valence-corrected chi connectivity index (χ3v) is 3.65. The van der Waals surface area contributed by atoms with Crippen LogP contribution in [0, 0.1) is 5.92 Å². The summed E-state index contributed by atoms with van der Waals surface area (Å²) in [4.78, 5) is 38.2. The van der Waals surface area contributed by atoms with Crippen molar-refractivity contribution in [2.24, 2.45) is 5.92 Å². The van der Waals surface area contributed by atoms with E-state index in [1.165, 1.54) is 6.92 Å². The van der Waals surface area contributed by atoms with E-state index in [2.05, 4.69) is 15.6 Å². The van der Waals surface area contributed by atoms with E-state index in [0.29, 0.717) is 12.5 Å². The van der Waals surface area contributed by atoms with Gasteiger partial charge in [0, 0.05) is 13.5 Å². The zero-order chi connectivity index (χ0) is 16.2. The maximum absolute atomic E-state index is 11.8. The van der Waals surface area contributed by atoms with Crippen molar-refractivity contribution in [3.8, 4) is 0 Å². The van der Waals surface area contributed by atoms with Gasteiger partial charge in [0.05, 0.1) is 0 Å². The summed E-state index contributed by atoms with van der Waals surface area (Å²) < 4.78 is 0. The summed E-state index contributed by atoms with van der Waals surface area (Å²) >= 11 is 0.933. The van der Waals surface area contributed by atoms with Crippen molar-refractivity contribution in [1.82, 2.24) is 10.3 Å². The summed E-state index contributed by atoms with van der Waals surface area (Å²) in [6.07, 6.45) is 0. The van der Waals surface area contributed by atoms with Gasteiger partial charge in [0.25, 0.3) is 0 Å². The van der Waals surface area contributed by atoms with E-state index in [-0.39, 0.29) is 27.4 Å². The Morgan fingerprint density at radius 2 is 1.90 bits per heavy atom. The van der Waals surface area contributed by atoms with E-state index in [0.717, 1.165) is 11.3 Å². The van der Waals surface area contributed by atoms with Crippen molar-refractivity contribution in [2.75, 3.05) is 11.9 Å². The maximum Gasteiger partial charge on any atom is 0.356 e. The van der Waals surface area contributed by atoms with Crippen LogP contribution in [-0.2, 0) is 4.79 Å². The normalized spacial score (nSPS) is 12.0. The summed E-state index contributed by atoms with van der Waals surface area (Å²) in [5, 5.41) is 14.8. The SMILES string of the molecule is CC(=O)c1sc(NC(C)C(=O)NCC(C)C)nc1C(=O)O. The number of carbonyl (C=O) groups excluding carboxylic acids is 2. The Balaban J connectivity index is 2.79. The highest BCUT2D eigenvalue weighted by Gasteiger charge is 2.22. The van der Waals surface area contributed by atoms with Crippen LogP contribution in [0.3, 0.4) is 0 Å². The van der Waals surface area contributed by atoms with E-state index in [9.17, 15) is 14.4 Å². The van der Waals surface area contributed by atoms with E-state index >= 15 is 0 Å². The van der Waals surface area contributed by atoms with Gasteiger partial charge in [-0.05, 0) is 12.8 Å². The molecule has 1 aromatic rings. The summed E-state index contributed by atoms with van der Waals surface area (Å²) in [5.74, 6) is -1.50. The summed E-state index contributed by atoms with van der Waals surface area (Å²) in [6, 6.07) is -0.573. The molecule has 1 unspecified atom stereocenters. The fourth-order valence-corrected chi connectivity index (χ4v) is 2.41. The minimum Gasteiger partial charge on any atom is -0.476 e. The van der Waals surface area contributed by atoms with Gasteiger partial charge in [0.1, 0.15) is 10.9 Å². The average Bonchev–Trinajstić information content (AvgIpc) is 2.80. The lowest BCUT2D eigenvalue weighted by atomic mass is 10.2. The zero-order valence-electron chi connectivity index (χ0n) is 12.4. The van der Waals surface area contributed by atoms with E-state index < -0.39 is 12.0 Å². The molecule has 7 nitrogen and oxygen atoms in total. The highest BCUT2D eigenvalue weighted by Crippen LogP contribution is 2.24. The lowest BCUT2D eigenvalue weighted by Crippen LogP contribution is -2.39. The monoisotopic (exact) mass is 313 g/mol. The minimum absolute atomic E-state index is 0.0692. The number of aromatic nitrogens is 1. The van der Waals surface area contributed by atoms with Gasteiger partial charge in [-0.25, -0.2) is 9.78 Å². The molecule has 1 rings (SSSR count). The number of thiazole rings is 1.